The van der Waals surface area contributed by atoms with Gasteiger partial charge in [0.15, 0.2) is 11.5 Å². The minimum atomic E-state index is -0.369. The average Bonchev–Trinajstić information content (AvgIpc) is 2.49. The Morgan fingerprint density at radius 1 is 0.958 bits per heavy atom. The quantitative estimate of drug-likeness (QED) is 0.542. The van der Waals surface area contributed by atoms with Crippen molar-refractivity contribution >= 4 is 0 Å². The maximum Gasteiger partial charge on any atom is 0.165 e. The number of aromatic hydroxyl groups is 3. The molecule has 3 heteroatoms. The van der Waals surface area contributed by atoms with Crippen LogP contribution in [0, 0.1) is 17.8 Å². The van der Waals surface area contributed by atoms with Gasteiger partial charge in [-0.1, -0.05) is 20.8 Å². The Kier molecular flexibility index (Phi) is 3.40. The molecule has 0 unspecified atom stereocenters. The van der Waals surface area contributed by atoms with Crippen LogP contribution in [-0.4, -0.2) is 15.3 Å². The van der Waals surface area contributed by atoms with Gasteiger partial charge in [0.2, 0.25) is 0 Å². The van der Waals surface area contributed by atoms with Gasteiger partial charge in [-0.25, -0.2) is 0 Å². The molecular weight excluding hydrogens is 300 g/mol. The third-order valence-corrected chi connectivity index (χ3v) is 7.42. The molecule has 24 heavy (non-hydrogen) atoms. The summed E-state index contributed by atoms with van der Waals surface area (Å²) in [5.74, 6) is 2.33. The topological polar surface area (TPSA) is 60.7 Å². The Hall–Kier alpha value is -1.38. The zero-order valence-electron chi connectivity index (χ0n) is 15.1. The second-order valence-corrected chi connectivity index (χ2v) is 9.45. The molecule has 0 aromatic heterocycles. The van der Waals surface area contributed by atoms with E-state index < -0.39 is 0 Å². The van der Waals surface area contributed by atoms with Crippen molar-refractivity contribution in [3.63, 3.8) is 0 Å². The molecule has 1 aromatic carbocycles. The Bertz CT molecular complexity index is 639. The second-order valence-electron chi connectivity index (χ2n) is 9.45. The Labute approximate surface area is 144 Å². The zero-order valence-corrected chi connectivity index (χ0v) is 15.1. The van der Waals surface area contributed by atoms with Crippen molar-refractivity contribution in [1.29, 1.82) is 0 Å². The van der Waals surface area contributed by atoms with Crippen molar-refractivity contribution in [2.45, 2.75) is 76.5 Å². The largest absolute Gasteiger partial charge is 0.507 e. The standard InChI is InChI=1S/C21H30O3/c1-4-20(2,3)17-16(22)8-15(18(23)19(17)24)21-9-12-5-13(10-21)7-14(6-12)11-21/h8,12-14,22-24H,4-7,9-11H2,1-3H3. The minimum absolute atomic E-state index is 0.0197. The van der Waals surface area contributed by atoms with E-state index in [0.29, 0.717) is 5.56 Å². The van der Waals surface area contributed by atoms with E-state index in [2.05, 4.69) is 0 Å². The van der Waals surface area contributed by atoms with Crippen LogP contribution >= 0.6 is 0 Å². The molecule has 4 aliphatic carbocycles. The van der Waals surface area contributed by atoms with Gasteiger partial charge in [-0.3, -0.25) is 0 Å². The molecule has 4 saturated carbocycles. The summed E-state index contributed by atoms with van der Waals surface area (Å²) in [5, 5.41) is 32.3. The van der Waals surface area contributed by atoms with E-state index in [1.165, 1.54) is 19.3 Å². The lowest BCUT2D eigenvalue weighted by Gasteiger charge is -2.57. The maximum absolute atomic E-state index is 10.9. The molecule has 5 rings (SSSR count). The van der Waals surface area contributed by atoms with E-state index in [4.69, 9.17) is 0 Å². The van der Waals surface area contributed by atoms with E-state index in [9.17, 15) is 15.3 Å². The molecular formula is C21H30O3. The summed E-state index contributed by atoms with van der Waals surface area (Å²) in [6.07, 6.45) is 8.08. The zero-order chi connectivity index (χ0) is 17.3. The third kappa shape index (κ3) is 2.16. The van der Waals surface area contributed by atoms with Gasteiger partial charge in [-0.05, 0) is 74.2 Å². The predicted octanol–water partition coefficient (Wildman–Crippen LogP) is 4.96. The summed E-state index contributed by atoms with van der Waals surface area (Å²) in [7, 11) is 0. The SMILES string of the molecule is CCC(C)(C)c1c(O)cc(C23CC4CC(CC(C4)C2)C3)c(O)c1O. The summed E-state index contributed by atoms with van der Waals surface area (Å²) in [6, 6.07) is 1.77. The molecule has 4 bridgehead atoms. The fraction of sp³-hybridized carbons (Fsp3) is 0.714. The molecule has 3 N–H and O–H groups in total. The van der Waals surface area contributed by atoms with Gasteiger partial charge in [0, 0.05) is 16.5 Å². The van der Waals surface area contributed by atoms with Gasteiger partial charge < -0.3 is 15.3 Å². The predicted molar refractivity (Wildman–Crippen MR) is 94.6 cm³/mol. The number of hydrogen-bond acceptors (Lipinski definition) is 3. The fourth-order valence-electron chi connectivity index (χ4n) is 6.33. The molecule has 0 saturated heterocycles. The molecule has 0 heterocycles. The summed E-state index contributed by atoms with van der Waals surface area (Å²) >= 11 is 0. The molecule has 3 nitrogen and oxygen atoms in total. The van der Waals surface area contributed by atoms with Crippen molar-refractivity contribution < 1.29 is 15.3 Å². The van der Waals surface area contributed by atoms with Crippen LogP contribution < -0.4 is 0 Å². The van der Waals surface area contributed by atoms with E-state index in [-0.39, 0.29) is 28.1 Å². The Morgan fingerprint density at radius 2 is 1.46 bits per heavy atom. The molecule has 1 aromatic rings. The van der Waals surface area contributed by atoms with Gasteiger partial charge in [0.1, 0.15) is 5.75 Å². The summed E-state index contributed by atoms with van der Waals surface area (Å²) in [4.78, 5) is 0. The molecule has 0 aliphatic heterocycles. The molecule has 0 radical (unpaired) electrons. The van der Waals surface area contributed by atoms with Crippen molar-refractivity contribution in [3.8, 4) is 17.2 Å². The maximum atomic E-state index is 10.9. The van der Waals surface area contributed by atoms with Crippen LogP contribution in [0.5, 0.6) is 17.2 Å². The van der Waals surface area contributed by atoms with Crippen molar-refractivity contribution in [3.05, 3.63) is 17.2 Å². The Morgan fingerprint density at radius 3 is 1.92 bits per heavy atom. The second kappa shape index (κ2) is 5.06. The van der Waals surface area contributed by atoms with Crippen LogP contribution in [0.2, 0.25) is 0 Å². The van der Waals surface area contributed by atoms with Gasteiger partial charge in [0.05, 0.1) is 0 Å². The van der Waals surface area contributed by atoms with E-state index in [1.54, 1.807) is 6.07 Å². The minimum Gasteiger partial charge on any atom is -0.507 e. The molecule has 132 valence electrons. The smallest absolute Gasteiger partial charge is 0.165 e. The first-order valence-electron chi connectivity index (χ1n) is 9.54. The first-order valence-corrected chi connectivity index (χ1v) is 9.54. The monoisotopic (exact) mass is 330 g/mol. The Balaban J connectivity index is 1.83. The highest BCUT2D eigenvalue weighted by Gasteiger charge is 2.53. The number of rotatable bonds is 3. The number of phenolic OH excluding ortho intramolecular Hbond substituents is 3. The van der Waals surface area contributed by atoms with Gasteiger partial charge in [-0.2, -0.15) is 0 Å². The van der Waals surface area contributed by atoms with Crippen LogP contribution in [0.3, 0.4) is 0 Å². The lowest BCUT2D eigenvalue weighted by Crippen LogP contribution is -2.48. The van der Waals surface area contributed by atoms with Crippen molar-refractivity contribution in [1.82, 2.24) is 0 Å². The number of hydrogen-bond donors (Lipinski definition) is 3. The number of phenols is 3. The van der Waals surface area contributed by atoms with Crippen LogP contribution in [-0.2, 0) is 10.8 Å². The summed E-state index contributed by atoms with van der Waals surface area (Å²) < 4.78 is 0. The highest BCUT2D eigenvalue weighted by atomic mass is 16.3. The molecule has 0 amide bonds. The van der Waals surface area contributed by atoms with Crippen molar-refractivity contribution in [2.24, 2.45) is 17.8 Å². The highest BCUT2D eigenvalue weighted by molar-refractivity contribution is 5.61. The third-order valence-electron chi connectivity index (χ3n) is 7.42. The lowest BCUT2D eigenvalue weighted by atomic mass is 9.48. The van der Waals surface area contributed by atoms with Gasteiger partial charge in [0.25, 0.3) is 0 Å². The lowest BCUT2D eigenvalue weighted by molar-refractivity contribution is -0.00640. The molecule has 4 fully saturated rings. The number of benzene rings is 1. The first-order chi connectivity index (χ1) is 11.3. The van der Waals surface area contributed by atoms with E-state index in [0.717, 1.165) is 49.0 Å². The molecule has 0 spiro atoms. The van der Waals surface area contributed by atoms with Gasteiger partial charge >= 0.3 is 0 Å². The first kappa shape index (κ1) is 16.1. The van der Waals surface area contributed by atoms with E-state index >= 15 is 0 Å². The normalized spacial score (nSPS) is 34.7. The van der Waals surface area contributed by atoms with Crippen LogP contribution in [0.15, 0.2) is 6.07 Å². The molecule has 0 atom stereocenters. The van der Waals surface area contributed by atoms with Crippen molar-refractivity contribution in [2.75, 3.05) is 0 Å². The van der Waals surface area contributed by atoms with E-state index in [1.807, 2.05) is 20.8 Å². The van der Waals surface area contributed by atoms with Crippen LogP contribution in [0.1, 0.15) is 76.8 Å². The van der Waals surface area contributed by atoms with Crippen LogP contribution in [0.4, 0.5) is 0 Å². The van der Waals surface area contributed by atoms with Gasteiger partial charge in [-0.15, -0.1) is 0 Å². The fourth-order valence-corrected chi connectivity index (χ4v) is 6.33. The van der Waals surface area contributed by atoms with Crippen LogP contribution in [0.25, 0.3) is 0 Å². The molecule has 4 aliphatic rings. The average molecular weight is 330 g/mol. The summed E-state index contributed by atoms with van der Waals surface area (Å²) in [5.41, 5.74) is 0.872. The highest BCUT2D eigenvalue weighted by Crippen LogP contribution is 2.63. The summed E-state index contributed by atoms with van der Waals surface area (Å²) in [6.45, 7) is 6.01.